The number of carbonyl (C=O) groups excluding carboxylic acids is 1. The number of aromatic nitrogens is 3. The highest BCUT2D eigenvalue weighted by Crippen LogP contribution is 2.16. The molecule has 0 saturated carbocycles. The van der Waals surface area contributed by atoms with E-state index in [2.05, 4.69) is 20.3 Å². The Balaban J connectivity index is 1.46. The van der Waals surface area contributed by atoms with Crippen LogP contribution in [0.1, 0.15) is 28.2 Å². The van der Waals surface area contributed by atoms with E-state index in [4.69, 9.17) is 0 Å². The molecule has 1 saturated heterocycles. The molecule has 7 heteroatoms. The van der Waals surface area contributed by atoms with Gasteiger partial charge in [-0.3, -0.25) is 19.4 Å². The first-order valence-corrected chi connectivity index (χ1v) is 7.99. The van der Waals surface area contributed by atoms with Crippen molar-refractivity contribution in [3.05, 3.63) is 34.5 Å². The lowest BCUT2D eigenvalue weighted by molar-refractivity contribution is 0.0903. The Morgan fingerprint density at radius 3 is 2.90 bits per heavy atom. The zero-order valence-electron chi connectivity index (χ0n) is 12.0. The van der Waals surface area contributed by atoms with E-state index in [1.165, 1.54) is 4.88 Å². The van der Waals surface area contributed by atoms with Crippen molar-refractivity contribution in [2.75, 3.05) is 13.1 Å². The lowest BCUT2D eigenvalue weighted by Crippen LogP contribution is -2.44. The predicted octanol–water partition coefficient (Wildman–Crippen LogP) is 1.27. The second-order valence-electron chi connectivity index (χ2n) is 5.37. The average molecular weight is 305 g/mol. The lowest BCUT2D eigenvalue weighted by Gasteiger charge is -2.31. The third-order valence-corrected chi connectivity index (χ3v) is 4.50. The van der Waals surface area contributed by atoms with Gasteiger partial charge in [0.05, 0.1) is 5.51 Å². The minimum atomic E-state index is -0.0727. The van der Waals surface area contributed by atoms with Gasteiger partial charge in [0.25, 0.3) is 5.91 Å². The zero-order chi connectivity index (χ0) is 14.7. The van der Waals surface area contributed by atoms with Crippen LogP contribution in [0, 0.1) is 0 Å². The molecule has 0 aliphatic carbocycles. The summed E-state index contributed by atoms with van der Waals surface area (Å²) in [4.78, 5) is 19.9. The minimum Gasteiger partial charge on any atom is -0.348 e. The van der Waals surface area contributed by atoms with Crippen molar-refractivity contribution in [3.63, 3.8) is 0 Å². The lowest BCUT2D eigenvalue weighted by atomic mass is 10.0. The molecule has 1 aliphatic rings. The maximum atomic E-state index is 12.1. The smallest absolute Gasteiger partial charge is 0.271 e. The van der Waals surface area contributed by atoms with Crippen LogP contribution in [0.25, 0.3) is 0 Å². The van der Waals surface area contributed by atoms with Gasteiger partial charge in [-0.05, 0) is 18.9 Å². The van der Waals surface area contributed by atoms with Gasteiger partial charge in [-0.25, -0.2) is 0 Å². The maximum absolute atomic E-state index is 12.1. The van der Waals surface area contributed by atoms with Crippen LogP contribution in [0.3, 0.4) is 0 Å². The largest absolute Gasteiger partial charge is 0.348 e. The summed E-state index contributed by atoms with van der Waals surface area (Å²) in [6, 6.07) is 1.99. The summed E-state index contributed by atoms with van der Waals surface area (Å²) in [5, 5.41) is 7.21. The molecule has 6 nitrogen and oxygen atoms in total. The van der Waals surface area contributed by atoms with E-state index in [0.717, 1.165) is 32.5 Å². The van der Waals surface area contributed by atoms with Crippen molar-refractivity contribution in [3.8, 4) is 0 Å². The number of nitrogens with zero attached hydrogens (tertiary/aromatic N) is 4. The number of carbonyl (C=O) groups is 1. The Hall–Kier alpha value is -1.73. The molecule has 0 unspecified atom stereocenters. The molecular formula is C14H19N5OS. The van der Waals surface area contributed by atoms with E-state index >= 15 is 0 Å². The van der Waals surface area contributed by atoms with Crippen molar-refractivity contribution in [1.29, 1.82) is 0 Å². The SMILES string of the molecule is Cn1ccc(C(=O)NC2CCN(Cc3cncs3)CC2)n1. The fraction of sp³-hybridized carbons (Fsp3) is 0.500. The molecule has 3 heterocycles. The predicted molar refractivity (Wildman–Crippen MR) is 81.1 cm³/mol. The van der Waals surface area contributed by atoms with Crippen LogP contribution in [0.2, 0.25) is 0 Å². The van der Waals surface area contributed by atoms with Crippen LogP contribution < -0.4 is 5.32 Å². The van der Waals surface area contributed by atoms with E-state index in [0.29, 0.717) is 5.69 Å². The quantitative estimate of drug-likeness (QED) is 0.924. The van der Waals surface area contributed by atoms with E-state index < -0.39 is 0 Å². The Morgan fingerprint density at radius 2 is 2.29 bits per heavy atom. The van der Waals surface area contributed by atoms with Gasteiger partial charge in [0.1, 0.15) is 5.69 Å². The second-order valence-corrected chi connectivity index (χ2v) is 6.34. The Bertz CT molecular complexity index is 586. The molecule has 2 aromatic rings. The Morgan fingerprint density at radius 1 is 1.48 bits per heavy atom. The second kappa shape index (κ2) is 6.36. The van der Waals surface area contributed by atoms with Gasteiger partial charge >= 0.3 is 0 Å². The number of thiazole rings is 1. The summed E-state index contributed by atoms with van der Waals surface area (Å²) in [6.07, 6.45) is 5.68. The molecule has 1 aliphatic heterocycles. The molecule has 2 aromatic heterocycles. The summed E-state index contributed by atoms with van der Waals surface area (Å²) in [7, 11) is 1.81. The fourth-order valence-electron chi connectivity index (χ4n) is 2.57. The number of rotatable bonds is 4. The third-order valence-electron chi connectivity index (χ3n) is 3.73. The first-order chi connectivity index (χ1) is 10.2. The summed E-state index contributed by atoms with van der Waals surface area (Å²) >= 11 is 1.69. The van der Waals surface area contributed by atoms with Crippen LogP contribution in [0.5, 0.6) is 0 Å². The zero-order valence-corrected chi connectivity index (χ0v) is 12.8. The van der Waals surface area contributed by atoms with Crippen LogP contribution in [-0.4, -0.2) is 44.7 Å². The fourth-order valence-corrected chi connectivity index (χ4v) is 3.21. The van der Waals surface area contributed by atoms with Crippen molar-refractivity contribution in [2.24, 2.45) is 7.05 Å². The van der Waals surface area contributed by atoms with E-state index in [1.54, 1.807) is 28.3 Å². The first-order valence-electron chi connectivity index (χ1n) is 7.11. The van der Waals surface area contributed by atoms with E-state index in [-0.39, 0.29) is 11.9 Å². The molecular weight excluding hydrogens is 286 g/mol. The number of aryl methyl sites for hydroxylation is 1. The van der Waals surface area contributed by atoms with Gasteiger partial charge in [0, 0.05) is 50.0 Å². The van der Waals surface area contributed by atoms with E-state index in [1.807, 2.05) is 18.8 Å². The highest BCUT2D eigenvalue weighted by Gasteiger charge is 2.22. The number of likely N-dealkylation sites (tertiary alicyclic amines) is 1. The summed E-state index contributed by atoms with van der Waals surface area (Å²) in [5.74, 6) is -0.0727. The van der Waals surface area contributed by atoms with Gasteiger partial charge in [0.15, 0.2) is 0 Å². The summed E-state index contributed by atoms with van der Waals surface area (Å²) < 4.78 is 1.65. The summed E-state index contributed by atoms with van der Waals surface area (Å²) in [5.41, 5.74) is 2.36. The normalized spacial score (nSPS) is 17.0. The number of hydrogen-bond acceptors (Lipinski definition) is 5. The van der Waals surface area contributed by atoms with Gasteiger partial charge in [-0.2, -0.15) is 5.10 Å². The molecule has 3 rings (SSSR count). The minimum absolute atomic E-state index is 0.0727. The van der Waals surface area contributed by atoms with Gasteiger partial charge in [-0.1, -0.05) is 0 Å². The van der Waals surface area contributed by atoms with Crippen molar-refractivity contribution in [1.82, 2.24) is 25.0 Å². The molecule has 0 spiro atoms. The molecule has 21 heavy (non-hydrogen) atoms. The average Bonchev–Trinajstić information content (AvgIpc) is 3.12. The molecule has 0 bridgehead atoms. The molecule has 112 valence electrons. The van der Waals surface area contributed by atoms with Gasteiger partial charge < -0.3 is 5.32 Å². The standard InChI is InChI=1S/C14H19N5OS/c1-18-5-4-13(17-18)14(20)16-11-2-6-19(7-3-11)9-12-8-15-10-21-12/h4-5,8,10-11H,2-3,6-7,9H2,1H3,(H,16,20). The van der Waals surface area contributed by atoms with Crippen LogP contribution in [0.4, 0.5) is 0 Å². The van der Waals surface area contributed by atoms with E-state index in [9.17, 15) is 4.79 Å². The number of nitrogens with one attached hydrogen (secondary N) is 1. The highest BCUT2D eigenvalue weighted by atomic mass is 32.1. The maximum Gasteiger partial charge on any atom is 0.271 e. The summed E-state index contributed by atoms with van der Waals surface area (Å²) in [6.45, 7) is 2.97. The van der Waals surface area contributed by atoms with Crippen LogP contribution >= 0.6 is 11.3 Å². The Labute approximate surface area is 127 Å². The molecule has 1 N–H and O–H groups in total. The van der Waals surface area contributed by atoms with Crippen molar-refractivity contribution >= 4 is 17.2 Å². The molecule has 0 atom stereocenters. The van der Waals surface area contributed by atoms with Crippen LogP contribution in [-0.2, 0) is 13.6 Å². The molecule has 1 amide bonds. The Kier molecular flexibility index (Phi) is 4.31. The van der Waals surface area contributed by atoms with Crippen molar-refractivity contribution < 1.29 is 4.79 Å². The highest BCUT2D eigenvalue weighted by molar-refractivity contribution is 7.09. The third kappa shape index (κ3) is 3.68. The van der Waals surface area contributed by atoms with Crippen LogP contribution in [0.15, 0.2) is 24.0 Å². The monoisotopic (exact) mass is 305 g/mol. The number of piperidine rings is 1. The first kappa shape index (κ1) is 14.2. The molecule has 0 aromatic carbocycles. The number of hydrogen-bond donors (Lipinski definition) is 1. The molecule has 0 radical (unpaired) electrons. The molecule has 1 fully saturated rings. The van der Waals surface area contributed by atoms with Crippen molar-refractivity contribution in [2.45, 2.75) is 25.4 Å². The van der Waals surface area contributed by atoms with Gasteiger partial charge in [0.2, 0.25) is 0 Å². The number of amides is 1. The topological polar surface area (TPSA) is 63.1 Å². The van der Waals surface area contributed by atoms with Gasteiger partial charge in [-0.15, -0.1) is 11.3 Å².